The molecule has 1 unspecified atom stereocenters. The lowest BCUT2D eigenvalue weighted by Crippen LogP contribution is -2.16. The Balaban J connectivity index is 2.03. The van der Waals surface area contributed by atoms with Gasteiger partial charge in [0, 0.05) is 11.8 Å². The molecule has 31 heavy (non-hydrogen) atoms. The second-order valence-corrected chi connectivity index (χ2v) is 6.76. The van der Waals surface area contributed by atoms with Gasteiger partial charge in [-0.3, -0.25) is 0 Å². The van der Waals surface area contributed by atoms with E-state index in [1.54, 1.807) is 33.3 Å². The number of benzene rings is 2. The molecule has 2 aromatic carbocycles. The zero-order valence-corrected chi connectivity index (χ0v) is 18.2. The number of methoxy groups -OCH3 is 2. The average Bonchev–Trinajstić information content (AvgIpc) is 2.82. The van der Waals surface area contributed by atoms with Crippen molar-refractivity contribution in [1.29, 1.82) is 0 Å². The summed E-state index contributed by atoms with van der Waals surface area (Å²) in [6.07, 6.45) is 2.30. The van der Waals surface area contributed by atoms with E-state index in [4.69, 9.17) is 14.2 Å². The van der Waals surface area contributed by atoms with Crippen molar-refractivity contribution in [3.63, 3.8) is 0 Å². The van der Waals surface area contributed by atoms with Crippen molar-refractivity contribution >= 4 is 11.8 Å². The van der Waals surface area contributed by atoms with Crippen LogP contribution in [0.5, 0.6) is 11.5 Å². The monoisotopic (exact) mass is 421 g/mol. The number of rotatable bonds is 9. The molecule has 0 radical (unpaired) electrons. The van der Waals surface area contributed by atoms with Crippen molar-refractivity contribution in [3.05, 3.63) is 65.9 Å². The van der Waals surface area contributed by atoms with Gasteiger partial charge in [-0.25, -0.2) is 14.8 Å². The number of hydrogen-bond acceptors (Lipinski definition) is 7. The van der Waals surface area contributed by atoms with Crippen molar-refractivity contribution < 1.29 is 19.0 Å². The summed E-state index contributed by atoms with van der Waals surface area (Å²) in [5.74, 6) is 1.60. The van der Waals surface area contributed by atoms with Crippen LogP contribution in [-0.4, -0.2) is 36.8 Å². The van der Waals surface area contributed by atoms with Crippen LogP contribution in [0.4, 0.5) is 5.82 Å². The number of esters is 1. The molecule has 3 aromatic rings. The highest BCUT2D eigenvalue weighted by atomic mass is 16.5. The zero-order chi connectivity index (χ0) is 22.2. The third-order valence-electron chi connectivity index (χ3n) is 4.85. The van der Waals surface area contributed by atoms with E-state index in [1.165, 1.54) is 6.20 Å². The lowest BCUT2D eigenvalue weighted by Gasteiger charge is -2.20. The third kappa shape index (κ3) is 5.12. The molecule has 0 bridgehead atoms. The molecule has 0 fully saturated rings. The Morgan fingerprint density at radius 2 is 1.77 bits per heavy atom. The Hall–Kier alpha value is -3.61. The topological polar surface area (TPSA) is 82.6 Å². The van der Waals surface area contributed by atoms with Crippen LogP contribution < -0.4 is 14.8 Å². The first kappa shape index (κ1) is 22.1. The summed E-state index contributed by atoms with van der Waals surface area (Å²) in [7, 11) is 3.16. The Labute approximate surface area is 182 Å². The number of ether oxygens (including phenoxy) is 3. The van der Waals surface area contributed by atoms with E-state index in [1.807, 2.05) is 36.4 Å². The Kier molecular flexibility index (Phi) is 7.43. The Bertz CT molecular complexity index is 1020. The molecule has 0 aliphatic heterocycles. The van der Waals surface area contributed by atoms with E-state index in [9.17, 15) is 4.79 Å². The summed E-state index contributed by atoms with van der Waals surface area (Å²) >= 11 is 0. The molecule has 1 heterocycles. The number of anilines is 1. The van der Waals surface area contributed by atoms with Gasteiger partial charge >= 0.3 is 5.97 Å². The highest BCUT2D eigenvalue weighted by Crippen LogP contribution is 2.32. The fraction of sp³-hybridized carbons (Fsp3) is 0.292. The smallest absolute Gasteiger partial charge is 0.343 e. The van der Waals surface area contributed by atoms with Crippen molar-refractivity contribution in [1.82, 2.24) is 9.97 Å². The van der Waals surface area contributed by atoms with E-state index in [0.717, 1.165) is 17.5 Å². The van der Waals surface area contributed by atoms with Crippen LogP contribution in [0.3, 0.4) is 0 Å². The van der Waals surface area contributed by atoms with Gasteiger partial charge in [0.05, 0.1) is 26.9 Å². The molecule has 7 heteroatoms. The van der Waals surface area contributed by atoms with Crippen LogP contribution in [0.25, 0.3) is 11.4 Å². The molecule has 0 aliphatic rings. The van der Waals surface area contributed by atoms with Crippen LogP contribution in [0.1, 0.15) is 42.2 Å². The van der Waals surface area contributed by atoms with Crippen LogP contribution in [0, 0.1) is 0 Å². The molecule has 0 saturated carbocycles. The van der Waals surface area contributed by atoms with E-state index in [2.05, 4.69) is 22.2 Å². The first-order valence-electron chi connectivity index (χ1n) is 10.2. The van der Waals surface area contributed by atoms with Gasteiger partial charge in [0.15, 0.2) is 17.3 Å². The molecule has 7 nitrogen and oxygen atoms in total. The van der Waals surface area contributed by atoms with Crippen molar-refractivity contribution in [2.24, 2.45) is 0 Å². The van der Waals surface area contributed by atoms with Gasteiger partial charge in [0.1, 0.15) is 11.4 Å². The molecule has 0 spiro atoms. The fourth-order valence-corrected chi connectivity index (χ4v) is 3.24. The zero-order valence-electron chi connectivity index (χ0n) is 18.2. The average molecular weight is 421 g/mol. The van der Waals surface area contributed by atoms with Gasteiger partial charge in [-0.05, 0) is 37.1 Å². The van der Waals surface area contributed by atoms with Crippen LogP contribution in [0.15, 0.2) is 54.7 Å². The maximum absolute atomic E-state index is 12.5. The number of carbonyl (C=O) groups excluding carboxylic acids is 1. The number of nitrogens with zero attached hydrogens (tertiary/aromatic N) is 2. The number of hydrogen-bond donors (Lipinski definition) is 1. The quantitative estimate of drug-likeness (QED) is 0.492. The molecule has 162 valence electrons. The molecule has 1 aromatic heterocycles. The summed E-state index contributed by atoms with van der Waals surface area (Å²) < 4.78 is 15.9. The van der Waals surface area contributed by atoms with E-state index < -0.39 is 5.97 Å². The minimum Gasteiger partial charge on any atom is -0.493 e. The summed E-state index contributed by atoms with van der Waals surface area (Å²) in [6.45, 7) is 4.11. The highest BCUT2D eigenvalue weighted by Gasteiger charge is 2.20. The van der Waals surface area contributed by atoms with Gasteiger partial charge in [-0.2, -0.15) is 0 Å². The number of aromatic nitrogens is 2. The second-order valence-electron chi connectivity index (χ2n) is 6.76. The van der Waals surface area contributed by atoms with Gasteiger partial charge in [0.2, 0.25) is 0 Å². The standard InChI is InChI=1S/C24H27N3O4/c1-5-19(16-10-8-7-9-11-16)26-23-18(24(28)31-6-2)15-25-22(27-23)17-12-13-20(29-3)21(14-17)30-4/h7-15,19H,5-6H2,1-4H3,(H,25,26,27). The number of carbonyl (C=O) groups is 1. The van der Waals surface area contributed by atoms with Crippen molar-refractivity contribution in [2.75, 3.05) is 26.1 Å². The predicted octanol–water partition coefficient (Wildman–Crippen LogP) is 4.90. The molecule has 0 saturated heterocycles. The molecule has 3 rings (SSSR count). The highest BCUT2D eigenvalue weighted by molar-refractivity contribution is 5.94. The van der Waals surface area contributed by atoms with Gasteiger partial charge in [-0.1, -0.05) is 37.3 Å². The molecule has 1 atom stereocenters. The fourth-order valence-electron chi connectivity index (χ4n) is 3.24. The van der Waals surface area contributed by atoms with E-state index in [-0.39, 0.29) is 12.6 Å². The summed E-state index contributed by atoms with van der Waals surface area (Å²) in [4.78, 5) is 21.6. The summed E-state index contributed by atoms with van der Waals surface area (Å²) in [5, 5.41) is 3.41. The first-order chi connectivity index (χ1) is 15.1. The Morgan fingerprint density at radius 1 is 1.03 bits per heavy atom. The summed E-state index contributed by atoms with van der Waals surface area (Å²) in [5.41, 5.74) is 2.13. The van der Waals surface area contributed by atoms with Crippen LogP contribution in [-0.2, 0) is 4.74 Å². The second kappa shape index (κ2) is 10.4. The van der Waals surface area contributed by atoms with Crippen molar-refractivity contribution in [2.45, 2.75) is 26.3 Å². The maximum Gasteiger partial charge on any atom is 0.343 e. The van der Waals surface area contributed by atoms with Crippen LogP contribution >= 0.6 is 0 Å². The SMILES string of the molecule is CCOC(=O)c1cnc(-c2ccc(OC)c(OC)c2)nc1NC(CC)c1ccccc1. The molecule has 1 N–H and O–H groups in total. The normalized spacial score (nSPS) is 11.5. The van der Waals surface area contributed by atoms with Gasteiger partial charge < -0.3 is 19.5 Å². The maximum atomic E-state index is 12.5. The van der Waals surface area contributed by atoms with E-state index >= 15 is 0 Å². The lowest BCUT2D eigenvalue weighted by atomic mass is 10.0. The van der Waals surface area contributed by atoms with Gasteiger partial charge in [-0.15, -0.1) is 0 Å². The third-order valence-corrected chi connectivity index (χ3v) is 4.85. The van der Waals surface area contributed by atoms with Gasteiger partial charge in [0.25, 0.3) is 0 Å². The molecular weight excluding hydrogens is 394 g/mol. The van der Waals surface area contributed by atoms with E-state index in [0.29, 0.717) is 28.7 Å². The number of nitrogens with one attached hydrogen (secondary N) is 1. The van der Waals surface area contributed by atoms with Crippen LogP contribution in [0.2, 0.25) is 0 Å². The molecule has 0 aliphatic carbocycles. The molecular formula is C24H27N3O4. The minimum absolute atomic E-state index is 0.0254. The summed E-state index contributed by atoms with van der Waals surface area (Å²) in [6, 6.07) is 15.5. The lowest BCUT2D eigenvalue weighted by molar-refractivity contribution is 0.0526. The first-order valence-corrected chi connectivity index (χ1v) is 10.2. The van der Waals surface area contributed by atoms with Crippen molar-refractivity contribution in [3.8, 4) is 22.9 Å². The molecule has 0 amide bonds. The largest absolute Gasteiger partial charge is 0.493 e. The minimum atomic E-state index is -0.466. The Morgan fingerprint density at radius 3 is 2.42 bits per heavy atom. The predicted molar refractivity (Wildman–Crippen MR) is 120 cm³/mol.